The lowest BCUT2D eigenvalue weighted by atomic mass is 10.1. The number of carboxylic acid groups (broad SMARTS) is 2. The molecule has 0 aromatic heterocycles. The number of aliphatic carboxylic acids is 2. The van der Waals surface area contributed by atoms with Gasteiger partial charge in [0.25, 0.3) is 0 Å². The third-order valence-corrected chi connectivity index (χ3v) is 4.76. The number of carbonyl (C=O) groups is 2. The Labute approximate surface area is 171 Å². The Hall–Kier alpha value is -2.90. The van der Waals surface area contributed by atoms with E-state index < -0.39 is 11.9 Å². The summed E-state index contributed by atoms with van der Waals surface area (Å²) in [6, 6.07) is 17.2. The van der Waals surface area contributed by atoms with Gasteiger partial charge in [0.05, 0.1) is 7.11 Å². The molecule has 29 heavy (non-hydrogen) atoms. The summed E-state index contributed by atoms with van der Waals surface area (Å²) in [6.45, 7) is 8.66. The van der Waals surface area contributed by atoms with E-state index >= 15 is 0 Å². The normalized spacial score (nSPS) is 14.6. The predicted octanol–water partition coefficient (Wildman–Crippen LogP) is 2.48. The molecule has 2 N–H and O–H groups in total. The summed E-state index contributed by atoms with van der Waals surface area (Å²) < 4.78 is 5.46. The van der Waals surface area contributed by atoms with Gasteiger partial charge in [0.1, 0.15) is 5.75 Å². The van der Waals surface area contributed by atoms with Crippen LogP contribution in [0.5, 0.6) is 5.75 Å². The lowest BCUT2D eigenvalue weighted by Gasteiger charge is -2.35. The van der Waals surface area contributed by atoms with E-state index in [9.17, 15) is 0 Å². The van der Waals surface area contributed by atoms with Crippen molar-refractivity contribution in [2.45, 2.75) is 20.0 Å². The number of ether oxygens (including phenoxy) is 1. The van der Waals surface area contributed by atoms with Gasteiger partial charge >= 0.3 is 11.9 Å². The summed E-state index contributed by atoms with van der Waals surface area (Å²) in [4.78, 5) is 23.3. The molecule has 7 nitrogen and oxygen atoms in total. The molecule has 0 spiro atoms. The van der Waals surface area contributed by atoms with E-state index in [0.717, 1.165) is 45.0 Å². The number of hydrogen-bond acceptors (Lipinski definition) is 5. The van der Waals surface area contributed by atoms with Crippen molar-refractivity contribution >= 4 is 11.9 Å². The van der Waals surface area contributed by atoms with E-state index in [-0.39, 0.29) is 0 Å². The minimum absolute atomic E-state index is 0.975. The second-order valence-electron chi connectivity index (χ2n) is 6.96. The van der Waals surface area contributed by atoms with Crippen LogP contribution in [0.2, 0.25) is 0 Å². The first kappa shape index (κ1) is 22.4. The van der Waals surface area contributed by atoms with Crippen LogP contribution in [-0.2, 0) is 22.7 Å². The highest BCUT2D eigenvalue weighted by atomic mass is 16.5. The van der Waals surface area contributed by atoms with Gasteiger partial charge in [-0.3, -0.25) is 9.80 Å². The van der Waals surface area contributed by atoms with Crippen LogP contribution >= 0.6 is 0 Å². The van der Waals surface area contributed by atoms with Crippen molar-refractivity contribution in [2.24, 2.45) is 0 Å². The molecular weight excluding hydrogens is 372 g/mol. The molecular formula is C22H28N2O5. The maximum Gasteiger partial charge on any atom is 0.414 e. The molecule has 0 unspecified atom stereocenters. The molecule has 1 heterocycles. The highest BCUT2D eigenvalue weighted by Gasteiger charge is 2.18. The minimum Gasteiger partial charge on any atom is -0.496 e. The number of nitrogens with zero attached hydrogens (tertiary/aromatic N) is 2. The quantitative estimate of drug-likeness (QED) is 0.745. The Morgan fingerprint density at radius 3 is 1.90 bits per heavy atom. The van der Waals surface area contributed by atoms with Gasteiger partial charge in [-0.25, -0.2) is 9.59 Å². The van der Waals surface area contributed by atoms with Crippen LogP contribution in [0, 0.1) is 6.92 Å². The molecule has 1 aliphatic rings. The Morgan fingerprint density at radius 1 is 0.862 bits per heavy atom. The summed E-state index contributed by atoms with van der Waals surface area (Å²) >= 11 is 0. The third kappa shape index (κ3) is 7.56. The molecule has 1 saturated heterocycles. The number of carboxylic acids is 2. The number of rotatable bonds is 5. The standard InChI is InChI=1S/C20H26N2O.C2H2O4/c1-17-7-9-18(10-8-17)15-21-11-13-22(14-12-21)16-19-5-3-4-6-20(19)23-2;3-1(4)2(5)6/h3-10H,11-16H2,1-2H3;(H,3,4)(H,5,6). The Balaban J connectivity index is 0.000000438. The van der Waals surface area contributed by atoms with Crippen molar-refractivity contribution in [3.05, 3.63) is 65.2 Å². The van der Waals surface area contributed by atoms with E-state index in [4.69, 9.17) is 24.5 Å². The predicted molar refractivity (Wildman–Crippen MR) is 110 cm³/mol. The second kappa shape index (κ2) is 11.2. The SMILES string of the molecule is COc1ccccc1CN1CCN(Cc2ccc(C)cc2)CC1.O=C(O)C(=O)O. The van der Waals surface area contributed by atoms with Crippen LogP contribution in [0.3, 0.4) is 0 Å². The van der Waals surface area contributed by atoms with Gasteiger partial charge < -0.3 is 14.9 Å². The summed E-state index contributed by atoms with van der Waals surface area (Å²) in [5, 5.41) is 14.8. The molecule has 156 valence electrons. The van der Waals surface area contributed by atoms with Crippen molar-refractivity contribution in [1.82, 2.24) is 9.80 Å². The van der Waals surface area contributed by atoms with E-state index in [2.05, 4.69) is 53.1 Å². The largest absolute Gasteiger partial charge is 0.496 e. The molecule has 3 rings (SSSR count). The molecule has 0 bridgehead atoms. The fourth-order valence-corrected chi connectivity index (χ4v) is 3.13. The number of para-hydroxylation sites is 1. The lowest BCUT2D eigenvalue weighted by Crippen LogP contribution is -2.45. The number of hydrogen-bond donors (Lipinski definition) is 2. The van der Waals surface area contributed by atoms with Crippen molar-refractivity contribution in [1.29, 1.82) is 0 Å². The fraction of sp³-hybridized carbons (Fsp3) is 0.364. The van der Waals surface area contributed by atoms with Gasteiger partial charge in [-0.05, 0) is 18.6 Å². The molecule has 0 aliphatic carbocycles. The maximum absolute atomic E-state index is 9.10. The molecule has 1 aliphatic heterocycles. The molecule has 2 aromatic carbocycles. The van der Waals surface area contributed by atoms with Gasteiger partial charge in [0.15, 0.2) is 0 Å². The van der Waals surface area contributed by atoms with E-state index in [0.29, 0.717) is 0 Å². The van der Waals surface area contributed by atoms with E-state index in [1.807, 2.05) is 12.1 Å². The highest BCUT2D eigenvalue weighted by molar-refractivity contribution is 6.27. The van der Waals surface area contributed by atoms with Gasteiger partial charge in [-0.2, -0.15) is 0 Å². The third-order valence-electron chi connectivity index (χ3n) is 4.76. The molecule has 7 heteroatoms. The smallest absolute Gasteiger partial charge is 0.414 e. The van der Waals surface area contributed by atoms with Crippen LogP contribution in [0.25, 0.3) is 0 Å². The first-order chi connectivity index (χ1) is 13.9. The van der Waals surface area contributed by atoms with E-state index in [1.165, 1.54) is 16.7 Å². The molecule has 2 aromatic rings. The zero-order valence-electron chi connectivity index (χ0n) is 16.9. The monoisotopic (exact) mass is 400 g/mol. The zero-order chi connectivity index (χ0) is 21.2. The average Bonchev–Trinajstić information content (AvgIpc) is 2.72. The molecule has 0 saturated carbocycles. The number of methoxy groups -OCH3 is 1. The highest BCUT2D eigenvalue weighted by Crippen LogP contribution is 2.20. The number of piperazine rings is 1. The van der Waals surface area contributed by atoms with Crippen molar-refractivity contribution in [3.8, 4) is 5.75 Å². The van der Waals surface area contributed by atoms with Gasteiger partial charge in [0.2, 0.25) is 0 Å². The van der Waals surface area contributed by atoms with Gasteiger partial charge in [-0.1, -0.05) is 48.0 Å². The molecule has 1 fully saturated rings. The van der Waals surface area contributed by atoms with Gasteiger partial charge in [0, 0.05) is 44.8 Å². The maximum atomic E-state index is 9.10. The van der Waals surface area contributed by atoms with Crippen LogP contribution in [0.15, 0.2) is 48.5 Å². The molecule has 0 atom stereocenters. The summed E-state index contributed by atoms with van der Waals surface area (Å²) in [5.74, 6) is -2.65. The van der Waals surface area contributed by atoms with Crippen LogP contribution in [0.4, 0.5) is 0 Å². The summed E-state index contributed by atoms with van der Waals surface area (Å²) in [6.07, 6.45) is 0. The second-order valence-corrected chi connectivity index (χ2v) is 6.96. The number of aryl methyl sites for hydroxylation is 1. The fourth-order valence-electron chi connectivity index (χ4n) is 3.13. The number of benzene rings is 2. The van der Waals surface area contributed by atoms with Crippen molar-refractivity contribution in [3.63, 3.8) is 0 Å². The summed E-state index contributed by atoms with van der Waals surface area (Å²) in [5.41, 5.74) is 4.02. The lowest BCUT2D eigenvalue weighted by molar-refractivity contribution is -0.159. The minimum atomic E-state index is -1.82. The van der Waals surface area contributed by atoms with Gasteiger partial charge in [-0.15, -0.1) is 0 Å². The Kier molecular flexibility index (Phi) is 8.64. The average molecular weight is 400 g/mol. The first-order valence-corrected chi connectivity index (χ1v) is 9.47. The Morgan fingerprint density at radius 2 is 1.38 bits per heavy atom. The Bertz CT molecular complexity index is 787. The van der Waals surface area contributed by atoms with Crippen LogP contribution in [-0.4, -0.2) is 65.2 Å². The molecule has 0 amide bonds. The van der Waals surface area contributed by atoms with E-state index in [1.54, 1.807) is 7.11 Å². The first-order valence-electron chi connectivity index (χ1n) is 9.47. The summed E-state index contributed by atoms with van der Waals surface area (Å²) in [7, 11) is 1.75. The van der Waals surface area contributed by atoms with Crippen molar-refractivity contribution < 1.29 is 24.5 Å². The van der Waals surface area contributed by atoms with Crippen LogP contribution < -0.4 is 4.74 Å². The zero-order valence-corrected chi connectivity index (χ0v) is 16.9. The van der Waals surface area contributed by atoms with Crippen molar-refractivity contribution in [2.75, 3.05) is 33.3 Å². The van der Waals surface area contributed by atoms with Crippen LogP contribution in [0.1, 0.15) is 16.7 Å². The molecule has 0 radical (unpaired) electrons. The topological polar surface area (TPSA) is 90.3 Å².